The zero-order chi connectivity index (χ0) is 21.6. The van der Waals surface area contributed by atoms with Crippen LogP contribution in [-0.2, 0) is 22.4 Å². The third-order valence-corrected chi connectivity index (χ3v) is 5.80. The summed E-state index contributed by atoms with van der Waals surface area (Å²) >= 11 is 1.30. The molecule has 0 bridgehead atoms. The molecule has 0 unspecified atom stereocenters. The normalized spacial score (nSPS) is 13.8. The van der Waals surface area contributed by atoms with Crippen molar-refractivity contribution in [1.82, 2.24) is 14.8 Å². The van der Waals surface area contributed by atoms with Gasteiger partial charge in [-0.2, -0.15) is 0 Å². The van der Waals surface area contributed by atoms with Crippen LogP contribution in [0.4, 0.5) is 5.13 Å². The highest BCUT2D eigenvalue weighted by Gasteiger charge is 2.26. The molecule has 1 fully saturated rings. The maximum Gasteiger partial charge on any atom is 0.289 e. The Balaban J connectivity index is 1.24. The lowest BCUT2D eigenvalue weighted by Gasteiger charge is -2.34. The molecule has 1 aromatic carbocycles. The fourth-order valence-corrected chi connectivity index (χ4v) is 4.10. The van der Waals surface area contributed by atoms with Gasteiger partial charge in [-0.25, -0.2) is 4.98 Å². The van der Waals surface area contributed by atoms with Crippen LogP contribution in [0.1, 0.15) is 21.8 Å². The van der Waals surface area contributed by atoms with Crippen LogP contribution in [0, 0.1) is 0 Å². The molecule has 3 heterocycles. The molecule has 31 heavy (non-hydrogen) atoms. The van der Waals surface area contributed by atoms with Crippen LogP contribution < -0.4 is 5.32 Å². The minimum absolute atomic E-state index is 0.0439. The highest BCUT2D eigenvalue weighted by atomic mass is 32.1. The predicted octanol–water partition coefficient (Wildman–Crippen LogP) is 2.44. The Morgan fingerprint density at radius 1 is 0.968 bits per heavy atom. The van der Waals surface area contributed by atoms with E-state index in [4.69, 9.17) is 4.42 Å². The van der Waals surface area contributed by atoms with Crippen molar-refractivity contribution < 1.29 is 18.8 Å². The van der Waals surface area contributed by atoms with E-state index in [1.165, 1.54) is 17.6 Å². The molecule has 0 aliphatic carbocycles. The number of amides is 3. The third-order valence-electron chi connectivity index (χ3n) is 4.99. The number of thiazole rings is 1. The summed E-state index contributed by atoms with van der Waals surface area (Å²) in [5.41, 5.74) is 1.55. The third kappa shape index (κ3) is 5.37. The highest BCUT2D eigenvalue weighted by Crippen LogP contribution is 2.17. The molecule has 1 aliphatic rings. The van der Waals surface area contributed by atoms with E-state index < -0.39 is 0 Å². The summed E-state index contributed by atoms with van der Waals surface area (Å²) in [4.78, 5) is 44.9. The van der Waals surface area contributed by atoms with Crippen molar-refractivity contribution in [2.75, 3.05) is 31.5 Å². The fourth-order valence-electron chi connectivity index (χ4n) is 3.37. The lowest BCUT2D eigenvalue weighted by molar-refractivity contribution is -0.132. The van der Waals surface area contributed by atoms with Crippen LogP contribution in [-0.4, -0.2) is 58.7 Å². The number of piperazine rings is 1. The molecule has 0 spiro atoms. The van der Waals surface area contributed by atoms with E-state index in [1.54, 1.807) is 27.3 Å². The lowest BCUT2D eigenvalue weighted by Crippen LogP contribution is -2.50. The first kappa shape index (κ1) is 20.8. The molecule has 160 valence electrons. The second kappa shape index (κ2) is 9.57. The summed E-state index contributed by atoms with van der Waals surface area (Å²) in [6.07, 6.45) is 1.91. The van der Waals surface area contributed by atoms with Gasteiger partial charge in [0.1, 0.15) is 0 Å². The van der Waals surface area contributed by atoms with Gasteiger partial charge in [-0.05, 0) is 17.7 Å². The maximum absolute atomic E-state index is 12.6. The molecular weight excluding hydrogens is 416 g/mol. The van der Waals surface area contributed by atoms with Crippen LogP contribution in [0.25, 0.3) is 0 Å². The van der Waals surface area contributed by atoms with Gasteiger partial charge in [0.15, 0.2) is 10.9 Å². The first-order chi connectivity index (χ1) is 15.1. The molecule has 0 saturated carbocycles. The summed E-state index contributed by atoms with van der Waals surface area (Å²) in [6.45, 7) is 1.86. The number of nitrogens with zero attached hydrogens (tertiary/aromatic N) is 3. The Morgan fingerprint density at radius 3 is 2.42 bits per heavy atom. The number of benzene rings is 1. The minimum atomic E-state index is -0.160. The van der Waals surface area contributed by atoms with Crippen LogP contribution in [0.5, 0.6) is 0 Å². The zero-order valence-electron chi connectivity index (χ0n) is 16.8. The van der Waals surface area contributed by atoms with Crippen molar-refractivity contribution >= 4 is 34.2 Å². The van der Waals surface area contributed by atoms with Crippen molar-refractivity contribution in [1.29, 1.82) is 0 Å². The Bertz CT molecular complexity index is 1040. The van der Waals surface area contributed by atoms with Gasteiger partial charge in [-0.3, -0.25) is 14.4 Å². The van der Waals surface area contributed by atoms with Crippen molar-refractivity contribution in [2.24, 2.45) is 0 Å². The summed E-state index contributed by atoms with van der Waals surface area (Å²) in [5, 5.41) is 5.05. The fraction of sp³-hybridized carbons (Fsp3) is 0.273. The van der Waals surface area contributed by atoms with E-state index in [2.05, 4.69) is 10.3 Å². The van der Waals surface area contributed by atoms with Crippen LogP contribution in [0.2, 0.25) is 0 Å². The van der Waals surface area contributed by atoms with Gasteiger partial charge >= 0.3 is 0 Å². The van der Waals surface area contributed by atoms with Crippen LogP contribution in [0.15, 0.2) is 58.5 Å². The molecule has 0 radical (unpaired) electrons. The van der Waals surface area contributed by atoms with Gasteiger partial charge in [-0.15, -0.1) is 11.3 Å². The summed E-state index contributed by atoms with van der Waals surface area (Å²) in [7, 11) is 0. The quantitative estimate of drug-likeness (QED) is 0.638. The number of nitrogens with one attached hydrogen (secondary N) is 1. The maximum atomic E-state index is 12.6. The predicted molar refractivity (Wildman–Crippen MR) is 116 cm³/mol. The highest BCUT2D eigenvalue weighted by molar-refractivity contribution is 7.13. The summed E-state index contributed by atoms with van der Waals surface area (Å²) in [5.74, 6) is -0.0371. The Morgan fingerprint density at radius 2 is 1.71 bits per heavy atom. The molecule has 1 saturated heterocycles. The average Bonchev–Trinajstić information content (AvgIpc) is 3.46. The van der Waals surface area contributed by atoms with Crippen molar-refractivity contribution in [3.63, 3.8) is 0 Å². The lowest BCUT2D eigenvalue weighted by atomic mass is 10.1. The monoisotopic (exact) mass is 438 g/mol. The van der Waals surface area contributed by atoms with Crippen molar-refractivity contribution in [3.05, 3.63) is 71.1 Å². The largest absolute Gasteiger partial charge is 0.459 e. The first-order valence-electron chi connectivity index (χ1n) is 9.97. The topological polar surface area (TPSA) is 95.8 Å². The number of hydrogen-bond acceptors (Lipinski definition) is 6. The van der Waals surface area contributed by atoms with Gasteiger partial charge < -0.3 is 19.5 Å². The number of hydrogen-bond donors (Lipinski definition) is 1. The van der Waals surface area contributed by atoms with Gasteiger partial charge in [0, 0.05) is 31.6 Å². The minimum Gasteiger partial charge on any atom is -0.459 e. The number of carbonyl (C=O) groups excluding carboxylic acids is 3. The van der Waals surface area contributed by atoms with E-state index in [0.717, 1.165) is 5.56 Å². The number of carbonyl (C=O) groups is 3. The molecule has 3 aromatic rings. The summed E-state index contributed by atoms with van der Waals surface area (Å²) < 4.78 is 5.16. The van der Waals surface area contributed by atoms with E-state index in [9.17, 15) is 14.4 Å². The summed E-state index contributed by atoms with van der Waals surface area (Å²) in [6, 6.07) is 12.8. The zero-order valence-corrected chi connectivity index (χ0v) is 17.6. The van der Waals surface area contributed by atoms with Crippen LogP contribution >= 0.6 is 11.3 Å². The van der Waals surface area contributed by atoms with E-state index in [0.29, 0.717) is 42.8 Å². The van der Waals surface area contributed by atoms with Gasteiger partial charge in [0.2, 0.25) is 11.8 Å². The molecule has 0 atom stereocenters. The smallest absolute Gasteiger partial charge is 0.289 e. The molecule has 1 N–H and O–H groups in total. The van der Waals surface area contributed by atoms with E-state index in [1.807, 2.05) is 30.3 Å². The SMILES string of the molecule is O=C(Cc1ccccc1)Nc1nc(CC(=O)N2CCN(C(=O)c3ccco3)CC2)cs1. The molecule has 8 nitrogen and oxygen atoms in total. The molecule has 9 heteroatoms. The molecular formula is C22H22N4O4S. The standard InChI is InChI=1S/C22H22N4O4S/c27-19(13-16-5-2-1-3-6-16)24-22-23-17(15-31-22)14-20(28)25-8-10-26(11-9-25)21(29)18-7-4-12-30-18/h1-7,12,15H,8-11,13-14H2,(H,23,24,27). The molecule has 2 aromatic heterocycles. The molecule has 4 rings (SSSR count). The number of anilines is 1. The van der Waals surface area contributed by atoms with Gasteiger partial charge in [-0.1, -0.05) is 30.3 Å². The first-order valence-corrected chi connectivity index (χ1v) is 10.8. The molecule has 3 amide bonds. The van der Waals surface area contributed by atoms with E-state index in [-0.39, 0.29) is 30.6 Å². The second-order valence-corrected chi connectivity index (χ2v) is 8.04. The Hall–Kier alpha value is -3.46. The average molecular weight is 439 g/mol. The second-order valence-electron chi connectivity index (χ2n) is 7.18. The van der Waals surface area contributed by atoms with Crippen molar-refractivity contribution in [3.8, 4) is 0 Å². The van der Waals surface area contributed by atoms with Crippen molar-refractivity contribution in [2.45, 2.75) is 12.8 Å². The number of furan rings is 1. The van der Waals surface area contributed by atoms with Crippen LogP contribution in [0.3, 0.4) is 0 Å². The Labute approximate surface area is 183 Å². The molecule has 1 aliphatic heterocycles. The van der Waals surface area contributed by atoms with Gasteiger partial charge in [0.25, 0.3) is 5.91 Å². The number of rotatable bonds is 6. The van der Waals surface area contributed by atoms with E-state index >= 15 is 0 Å². The van der Waals surface area contributed by atoms with Gasteiger partial charge in [0.05, 0.1) is 24.8 Å². The number of aromatic nitrogens is 1. The Kier molecular flexibility index (Phi) is 6.42.